The van der Waals surface area contributed by atoms with Crippen LogP contribution < -0.4 is 11.1 Å². The molecule has 6 nitrogen and oxygen atoms in total. The number of nitrogens with two attached hydrogens (primary N) is 1. The Kier molecular flexibility index (Phi) is 3.38. The number of hydrogen-bond acceptors (Lipinski definition) is 3. The minimum atomic E-state index is -0.444. The molecule has 1 heterocycles. The summed E-state index contributed by atoms with van der Waals surface area (Å²) in [5.74, 6) is -0.735. The third-order valence-electron chi connectivity index (χ3n) is 2.39. The van der Waals surface area contributed by atoms with Gasteiger partial charge in [-0.05, 0) is 11.6 Å². The number of primary amides is 1. The van der Waals surface area contributed by atoms with Crippen LogP contribution in [0.2, 0.25) is 0 Å². The molecule has 0 bridgehead atoms. The third-order valence-corrected chi connectivity index (χ3v) is 2.39. The molecule has 0 spiro atoms. The molecule has 1 aromatic heterocycles. The summed E-state index contributed by atoms with van der Waals surface area (Å²) in [5.41, 5.74) is 6.83. The Morgan fingerprint density at radius 3 is 2.78 bits per heavy atom. The van der Waals surface area contributed by atoms with Gasteiger partial charge < -0.3 is 11.1 Å². The molecular formula is C12H12N4O2. The van der Waals surface area contributed by atoms with Crippen LogP contribution in [-0.2, 0) is 11.2 Å². The second kappa shape index (κ2) is 5.13. The summed E-state index contributed by atoms with van der Waals surface area (Å²) in [4.78, 5) is 22.8. The lowest BCUT2D eigenvalue weighted by Crippen LogP contribution is -2.17. The van der Waals surface area contributed by atoms with Gasteiger partial charge in [-0.25, -0.2) is 0 Å². The van der Waals surface area contributed by atoms with Gasteiger partial charge in [0.1, 0.15) is 0 Å². The van der Waals surface area contributed by atoms with Crippen molar-refractivity contribution in [1.82, 2.24) is 10.2 Å². The van der Waals surface area contributed by atoms with Gasteiger partial charge in [0.2, 0.25) is 5.91 Å². The van der Waals surface area contributed by atoms with Crippen molar-refractivity contribution in [3.8, 4) is 0 Å². The Balaban J connectivity index is 2.18. The van der Waals surface area contributed by atoms with E-state index in [2.05, 4.69) is 15.5 Å². The highest BCUT2D eigenvalue weighted by Crippen LogP contribution is 2.16. The summed E-state index contributed by atoms with van der Waals surface area (Å²) < 4.78 is 0. The fourth-order valence-corrected chi connectivity index (χ4v) is 1.55. The fraction of sp³-hybridized carbons (Fsp3) is 0.0833. The number of aromatic amines is 1. The first kappa shape index (κ1) is 11.8. The van der Waals surface area contributed by atoms with Gasteiger partial charge in [0.25, 0.3) is 5.91 Å². The smallest absolute Gasteiger partial charge is 0.258 e. The molecule has 18 heavy (non-hydrogen) atoms. The third kappa shape index (κ3) is 2.73. The fourth-order valence-electron chi connectivity index (χ4n) is 1.55. The molecule has 0 radical (unpaired) electrons. The summed E-state index contributed by atoms with van der Waals surface area (Å²) in [6, 6.07) is 7.02. The van der Waals surface area contributed by atoms with Crippen LogP contribution in [0.3, 0.4) is 0 Å². The lowest BCUT2D eigenvalue weighted by Gasteiger charge is -2.08. The number of aromatic nitrogens is 2. The van der Waals surface area contributed by atoms with E-state index in [9.17, 15) is 9.59 Å². The Bertz CT molecular complexity index is 563. The van der Waals surface area contributed by atoms with Gasteiger partial charge in [0.05, 0.1) is 18.2 Å². The lowest BCUT2D eigenvalue weighted by atomic mass is 10.1. The predicted molar refractivity (Wildman–Crippen MR) is 65.9 cm³/mol. The summed E-state index contributed by atoms with van der Waals surface area (Å²) in [5, 5.41) is 8.97. The molecule has 0 saturated carbocycles. The first-order valence-electron chi connectivity index (χ1n) is 5.33. The van der Waals surface area contributed by atoms with Crippen LogP contribution in [-0.4, -0.2) is 22.0 Å². The van der Waals surface area contributed by atoms with Crippen molar-refractivity contribution in [2.24, 2.45) is 5.73 Å². The molecule has 0 fully saturated rings. The van der Waals surface area contributed by atoms with Crippen molar-refractivity contribution in [3.05, 3.63) is 47.8 Å². The zero-order valence-electron chi connectivity index (χ0n) is 9.51. The van der Waals surface area contributed by atoms with E-state index in [4.69, 9.17) is 5.73 Å². The van der Waals surface area contributed by atoms with Gasteiger partial charge in [0.15, 0.2) is 0 Å². The molecule has 6 heteroatoms. The first-order valence-corrected chi connectivity index (χ1v) is 5.33. The standard InChI is InChI=1S/C12H12N4O2/c13-11(17)5-8-3-1-2-4-10(8)16-12(18)9-6-14-15-7-9/h1-4,6-7H,5H2,(H2,13,17)(H,14,15)(H,16,18). The number of carbonyl (C=O) groups excluding carboxylic acids is 2. The van der Waals surface area contributed by atoms with Crippen LogP contribution in [0.1, 0.15) is 15.9 Å². The molecule has 0 unspecified atom stereocenters. The van der Waals surface area contributed by atoms with Crippen LogP contribution in [0.15, 0.2) is 36.7 Å². The van der Waals surface area contributed by atoms with Crippen LogP contribution in [0.5, 0.6) is 0 Å². The minimum absolute atomic E-state index is 0.0852. The minimum Gasteiger partial charge on any atom is -0.369 e. The molecule has 0 aliphatic heterocycles. The molecule has 92 valence electrons. The van der Waals surface area contributed by atoms with E-state index in [0.717, 1.165) is 0 Å². The number of benzene rings is 1. The van der Waals surface area contributed by atoms with Crippen molar-refractivity contribution in [3.63, 3.8) is 0 Å². The van der Waals surface area contributed by atoms with E-state index in [1.807, 2.05) is 0 Å². The number of anilines is 1. The molecule has 2 rings (SSSR count). The van der Waals surface area contributed by atoms with Crippen LogP contribution in [0.4, 0.5) is 5.69 Å². The zero-order chi connectivity index (χ0) is 13.0. The lowest BCUT2D eigenvalue weighted by molar-refractivity contribution is -0.117. The number of rotatable bonds is 4. The van der Waals surface area contributed by atoms with Crippen LogP contribution >= 0.6 is 0 Å². The molecule has 4 N–H and O–H groups in total. The highest BCUT2D eigenvalue weighted by atomic mass is 16.2. The number of amides is 2. The van der Waals surface area contributed by atoms with Crippen molar-refractivity contribution < 1.29 is 9.59 Å². The average Bonchev–Trinajstić information content (AvgIpc) is 2.84. The van der Waals surface area contributed by atoms with Crippen LogP contribution in [0.25, 0.3) is 0 Å². The number of para-hydroxylation sites is 1. The van der Waals surface area contributed by atoms with Gasteiger partial charge in [-0.2, -0.15) is 5.10 Å². The number of H-pyrrole nitrogens is 1. The normalized spacial score (nSPS) is 10.0. The number of nitrogens with one attached hydrogen (secondary N) is 2. The van der Waals surface area contributed by atoms with Crippen molar-refractivity contribution in [1.29, 1.82) is 0 Å². The number of carbonyl (C=O) groups is 2. The second-order valence-electron chi connectivity index (χ2n) is 3.74. The summed E-state index contributed by atoms with van der Waals surface area (Å²) in [6.45, 7) is 0. The molecule has 0 atom stereocenters. The quantitative estimate of drug-likeness (QED) is 0.737. The van der Waals surface area contributed by atoms with Gasteiger partial charge in [-0.15, -0.1) is 0 Å². The Labute approximate surface area is 103 Å². The van der Waals surface area contributed by atoms with Gasteiger partial charge in [0, 0.05) is 11.9 Å². The summed E-state index contributed by atoms with van der Waals surface area (Å²) >= 11 is 0. The summed E-state index contributed by atoms with van der Waals surface area (Å²) in [6.07, 6.45) is 3.00. The Morgan fingerprint density at radius 2 is 2.11 bits per heavy atom. The van der Waals surface area contributed by atoms with E-state index < -0.39 is 5.91 Å². The SMILES string of the molecule is NC(=O)Cc1ccccc1NC(=O)c1cn[nH]c1. The van der Waals surface area contributed by atoms with E-state index in [1.54, 1.807) is 24.3 Å². The van der Waals surface area contributed by atoms with Crippen molar-refractivity contribution >= 4 is 17.5 Å². The van der Waals surface area contributed by atoms with E-state index in [0.29, 0.717) is 16.8 Å². The van der Waals surface area contributed by atoms with Crippen molar-refractivity contribution in [2.45, 2.75) is 6.42 Å². The molecule has 2 aromatic rings. The Morgan fingerprint density at radius 1 is 1.33 bits per heavy atom. The van der Waals surface area contributed by atoms with E-state index in [1.165, 1.54) is 12.4 Å². The molecule has 0 saturated heterocycles. The topological polar surface area (TPSA) is 101 Å². The zero-order valence-corrected chi connectivity index (χ0v) is 9.51. The molecule has 1 aromatic carbocycles. The molecule has 2 amide bonds. The van der Waals surface area contributed by atoms with E-state index in [-0.39, 0.29) is 12.3 Å². The number of nitrogens with zero attached hydrogens (tertiary/aromatic N) is 1. The monoisotopic (exact) mass is 244 g/mol. The predicted octanol–water partition coefficient (Wildman–Crippen LogP) is 0.690. The maximum atomic E-state index is 11.8. The number of hydrogen-bond donors (Lipinski definition) is 3. The highest BCUT2D eigenvalue weighted by molar-refractivity contribution is 6.04. The second-order valence-corrected chi connectivity index (χ2v) is 3.74. The molecule has 0 aliphatic carbocycles. The van der Waals surface area contributed by atoms with Crippen molar-refractivity contribution in [2.75, 3.05) is 5.32 Å². The largest absolute Gasteiger partial charge is 0.369 e. The van der Waals surface area contributed by atoms with Crippen LogP contribution in [0, 0.1) is 0 Å². The van der Waals surface area contributed by atoms with E-state index >= 15 is 0 Å². The Hall–Kier alpha value is -2.63. The maximum Gasteiger partial charge on any atom is 0.258 e. The molecular weight excluding hydrogens is 232 g/mol. The highest BCUT2D eigenvalue weighted by Gasteiger charge is 2.10. The molecule has 0 aliphatic rings. The summed E-state index contributed by atoms with van der Waals surface area (Å²) in [7, 11) is 0. The first-order chi connectivity index (χ1) is 8.66. The van der Waals surface area contributed by atoms with Gasteiger partial charge in [-0.3, -0.25) is 14.7 Å². The van der Waals surface area contributed by atoms with Gasteiger partial charge in [-0.1, -0.05) is 18.2 Å². The van der Waals surface area contributed by atoms with Gasteiger partial charge >= 0.3 is 0 Å². The maximum absolute atomic E-state index is 11.8. The average molecular weight is 244 g/mol.